The fourth-order valence-corrected chi connectivity index (χ4v) is 3.88. The lowest BCUT2D eigenvalue weighted by molar-refractivity contribution is -0.114. The summed E-state index contributed by atoms with van der Waals surface area (Å²) in [7, 11) is 0. The minimum absolute atomic E-state index is 0.172. The number of amidine groups is 1. The van der Waals surface area contributed by atoms with Crippen LogP contribution in [0.1, 0.15) is 28.4 Å². The van der Waals surface area contributed by atoms with Gasteiger partial charge in [0.25, 0.3) is 0 Å². The van der Waals surface area contributed by atoms with Gasteiger partial charge in [0.2, 0.25) is 5.91 Å². The van der Waals surface area contributed by atoms with Gasteiger partial charge in [-0.05, 0) is 36.8 Å². The monoisotopic (exact) mass is 439 g/mol. The first-order valence-corrected chi connectivity index (χ1v) is 9.61. The number of benzene rings is 1. The molecule has 3 heterocycles. The molecule has 1 aromatic heterocycles. The van der Waals surface area contributed by atoms with Crippen molar-refractivity contribution in [3.05, 3.63) is 63.5 Å². The zero-order chi connectivity index (χ0) is 19.8. The SMILES string of the molecule is CC(=O)Nc1ccc(C(=O)C=C2Nc3c(C)cc(Br)cc3C3=NCCN23)cn1. The number of ketones is 1. The number of aromatic nitrogens is 1. The van der Waals surface area contributed by atoms with Crippen LogP contribution in [-0.2, 0) is 4.79 Å². The molecule has 0 saturated heterocycles. The number of nitrogens with one attached hydrogen (secondary N) is 2. The minimum Gasteiger partial charge on any atom is -0.341 e. The Bertz CT molecular complexity index is 1040. The van der Waals surface area contributed by atoms with Gasteiger partial charge < -0.3 is 15.5 Å². The van der Waals surface area contributed by atoms with Crippen molar-refractivity contribution in [3.63, 3.8) is 0 Å². The minimum atomic E-state index is -0.207. The molecular formula is C20H18BrN5O2. The van der Waals surface area contributed by atoms with Crippen LogP contribution in [0.2, 0.25) is 0 Å². The highest BCUT2D eigenvalue weighted by Gasteiger charge is 2.31. The fraction of sp³-hybridized carbons (Fsp3) is 0.200. The Morgan fingerprint density at radius 2 is 2.14 bits per heavy atom. The number of amides is 1. The Kier molecular flexibility index (Phi) is 4.72. The smallest absolute Gasteiger partial charge is 0.222 e. The molecule has 28 heavy (non-hydrogen) atoms. The van der Waals surface area contributed by atoms with Crippen molar-refractivity contribution in [1.82, 2.24) is 9.88 Å². The third-order valence-corrected chi connectivity index (χ3v) is 5.00. The summed E-state index contributed by atoms with van der Waals surface area (Å²) in [5.41, 5.74) is 3.49. The maximum atomic E-state index is 12.8. The van der Waals surface area contributed by atoms with Gasteiger partial charge in [-0.15, -0.1) is 0 Å². The maximum Gasteiger partial charge on any atom is 0.222 e. The largest absolute Gasteiger partial charge is 0.341 e. The highest BCUT2D eigenvalue weighted by atomic mass is 79.9. The van der Waals surface area contributed by atoms with Crippen molar-refractivity contribution in [2.45, 2.75) is 13.8 Å². The predicted octanol–water partition coefficient (Wildman–Crippen LogP) is 3.32. The zero-order valence-electron chi connectivity index (χ0n) is 15.4. The molecule has 7 nitrogen and oxygen atoms in total. The van der Waals surface area contributed by atoms with E-state index >= 15 is 0 Å². The van der Waals surface area contributed by atoms with Gasteiger partial charge in [0.1, 0.15) is 17.5 Å². The van der Waals surface area contributed by atoms with Crippen LogP contribution in [0.15, 0.2) is 51.8 Å². The van der Waals surface area contributed by atoms with Crippen LogP contribution in [0.25, 0.3) is 0 Å². The topological polar surface area (TPSA) is 86.7 Å². The summed E-state index contributed by atoms with van der Waals surface area (Å²) >= 11 is 3.54. The van der Waals surface area contributed by atoms with Gasteiger partial charge in [-0.25, -0.2) is 4.98 Å². The Labute approximate surface area is 170 Å². The van der Waals surface area contributed by atoms with E-state index in [4.69, 9.17) is 0 Å². The molecule has 2 N–H and O–H groups in total. The van der Waals surface area contributed by atoms with E-state index in [1.807, 2.05) is 24.0 Å². The normalized spacial score (nSPS) is 16.2. The predicted molar refractivity (Wildman–Crippen MR) is 112 cm³/mol. The number of hydrogen-bond donors (Lipinski definition) is 2. The highest BCUT2D eigenvalue weighted by Crippen LogP contribution is 2.34. The Morgan fingerprint density at radius 1 is 1.32 bits per heavy atom. The maximum absolute atomic E-state index is 12.8. The molecule has 0 aliphatic carbocycles. The van der Waals surface area contributed by atoms with E-state index in [-0.39, 0.29) is 11.7 Å². The van der Waals surface area contributed by atoms with Crippen molar-refractivity contribution < 1.29 is 9.59 Å². The molecule has 2 aliphatic heterocycles. The van der Waals surface area contributed by atoms with Gasteiger partial charge >= 0.3 is 0 Å². The van der Waals surface area contributed by atoms with E-state index in [2.05, 4.69) is 36.5 Å². The lowest BCUT2D eigenvalue weighted by atomic mass is 10.0. The van der Waals surface area contributed by atoms with Gasteiger partial charge in [0, 0.05) is 41.3 Å². The van der Waals surface area contributed by atoms with E-state index in [0.717, 1.165) is 27.1 Å². The molecule has 0 atom stereocenters. The van der Waals surface area contributed by atoms with Crippen LogP contribution in [-0.4, -0.2) is 40.5 Å². The molecule has 8 heteroatoms. The summed E-state index contributed by atoms with van der Waals surface area (Å²) in [6, 6.07) is 7.33. The standard InChI is InChI=1S/C20H18BrN5O2/c1-11-7-14(21)8-15-19(11)25-18(26-6-5-22-20(15)26)9-16(28)13-3-4-17(23-10-13)24-12(2)27/h3-4,7-10,25H,5-6H2,1-2H3,(H,23,24,27). The van der Waals surface area contributed by atoms with Crippen LogP contribution in [0, 0.1) is 6.92 Å². The number of carbonyl (C=O) groups excluding carboxylic acids is 2. The lowest BCUT2D eigenvalue weighted by Gasteiger charge is -2.32. The first kappa shape index (κ1) is 18.4. The summed E-state index contributed by atoms with van der Waals surface area (Å²) < 4.78 is 0.994. The van der Waals surface area contributed by atoms with Crippen molar-refractivity contribution in [2.75, 3.05) is 23.7 Å². The first-order chi connectivity index (χ1) is 13.4. The fourth-order valence-electron chi connectivity index (χ4n) is 3.31. The van der Waals surface area contributed by atoms with E-state index in [9.17, 15) is 9.59 Å². The third-order valence-electron chi connectivity index (χ3n) is 4.55. The van der Waals surface area contributed by atoms with E-state index in [1.54, 1.807) is 18.2 Å². The third kappa shape index (κ3) is 3.43. The number of carbonyl (C=O) groups is 2. The highest BCUT2D eigenvalue weighted by molar-refractivity contribution is 9.10. The number of aliphatic imine (C=N–C) groups is 1. The number of allylic oxidation sites excluding steroid dienone is 1. The second kappa shape index (κ2) is 7.20. The molecule has 0 radical (unpaired) electrons. The summed E-state index contributed by atoms with van der Waals surface area (Å²) in [6.45, 7) is 4.83. The lowest BCUT2D eigenvalue weighted by Crippen LogP contribution is -2.37. The van der Waals surface area contributed by atoms with Gasteiger partial charge in [0.05, 0.1) is 12.2 Å². The zero-order valence-corrected chi connectivity index (χ0v) is 17.0. The molecule has 0 saturated carbocycles. The van der Waals surface area contributed by atoms with Crippen LogP contribution in [0.4, 0.5) is 11.5 Å². The molecule has 1 aromatic carbocycles. The number of aryl methyl sites for hydroxylation is 1. The summed E-state index contributed by atoms with van der Waals surface area (Å²) in [6.07, 6.45) is 3.03. The molecule has 142 valence electrons. The van der Waals surface area contributed by atoms with E-state index < -0.39 is 0 Å². The van der Waals surface area contributed by atoms with Crippen molar-refractivity contribution in [1.29, 1.82) is 0 Å². The van der Waals surface area contributed by atoms with Crippen LogP contribution in [0.3, 0.4) is 0 Å². The van der Waals surface area contributed by atoms with Crippen LogP contribution in [0.5, 0.6) is 0 Å². The molecule has 0 fully saturated rings. The molecule has 1 amide bonds. The van der Waals surface area contributed by atoms with E-state index in [1.165, 1.54) is 13.1 Å². The molecular weight excluding hydrogens is 422 g/mol. The van der Waals surface area contributed by atoms with Crippen molar-refractivity contribution in [2.24, 2.45) is 4.99 Å². The van der Waals surface area contributed by atoms with Crippen molar-refractivity contribution in [3.8, 4) is 0 Å². The molecule has 2 aromatic rings. The first-order valence-electron chi connectivity index (χ1n) is 8.81. The van der Waals surface area contributed by atoms with Crippen LogP contribution < -0.4 is 10.6 Å². The van der Waals surface area contributed by atoms with Crippen LogP contribution >= 0.6 is 15.9 Å². The number of hydrogen-bond acceptors (Lipinski definition) is 6. The molecule has 2 aliphatic rings. The Balaban J connectivity index is 1.65. The number of fused-ring (bicyclic) bond motifs is 3. The second-order valence-electron chi connectivity index (χ2n) is 6.63. The number of anilines is 2. The summed E-state index contributed by atoms with van der Waals surface area (Å²) in [4.78, 5) is 34.6. The average molecular weight is 440 g/mol. The Morgan fingerprint density at radius 3 is 2.86 bits per heavy atom. The van der Waals surface area contributed by atoms with Gasteiger partial charge in [0.15, 0.2) is 5.78 Å². The molecule has 4 rings (SSSR count). The Hall–Kier alpha value is -3.00. The second-order valence-corrected chi connectivity index (χ2v) is 7.55. The van der Waals surface area contributed by atoms with Crippen molar-refractivity contribution >= 4 is 45.0 Å². The number of pyridine rings is 1. The summed E-state index contributed by atoms with van der Waals surface area (Å²) in [5, 5.41) is 5.98. The number of nitrogens with zero attached hydrogens (tertiary/aromatic N) is 3. The molecule has 0 bridgehead atoms. The van der Waals surface area contributed by atoms with E-state index in [0.29, 0.717) is 30.3 Å². The quantitative estimate of drug-likeness (QED) is 0.565. The number of halogens is 1. The molecule has 0 unspecified atom stereocenters. The summed E-state index contributed by atoms with van der Waals surface area (Å²) in [5.74, 6) is 1.61. The average Bonchev–Trinajstić information content (AvgIpc) is 3.13. The van der Waals surface area contributed by atoms with Gasteiger partial charge in [-0.2, -0.15) is 0 Å². The van der Waals surface area contributed by atoms with Gasteiger partial charge in [-0.1, -0.05) is 15.9 Å². The molecule has 0 spiro atoms. The van der Waals surface area contributed by atoms with Gasteiger partial charge in [-0.3, -0.25) is 14.6 Å². The number of rotatable bonds is 3.